The van der Waals surface area contributed by atoms with Crippen molar-refractivity contribution >= 4 is 56.2 Å². The average Bonchev–Trinajstić information content (AvgIpc) is 2.45. The molecule has 0 N–H and O–H groups in total. The molecule has 4 nitrogen and oxygen atoms in total. The number of hydrogen-bond acceptors (Lipinski definition) is 4. The van der Waals surface area contributed by atoms with Gasteiger partial charge in [-0.1, -0.05) is 47.8 Å². The van der Waals surface area contributed by atoms with Gasteiger partial charge in [-0.25, -0.2) is 0 Å². The molecule has 0 spiro atoms. The second kappa shape index (κ2) is 15.6. The third-order valence-corrected chi connectivity index (χ3v) is 5.65. The molecule has 0 aromatic carbocycles. The van der Waals surface area contributed by atoms with E-state index < -0.39 is 8.38 Å². The largest absolute Gasteiger partial charge is 0.381 e. The lowest BCUT2D eigenvalue weighted by molar-refractivity contribution is 0.134. The smallest absolute Gasteiger partial charge is 0.171 e. The normalized spacial score (nSPS) is 16.1. The van der Waals surface area contributed by atoms with Crippen LogP contribution in [0.15, 0.2) is 0 Å². The van der Waals surface area contributed by atoms with Crippen LogP contribution in [0.5, 0.6) is 0 Å². The van der Waals surface area contributed by atoms with Crippen LogP contribution in [-0.4, -0.2) is 60.8 Å². The van der Waals surface area contributed by atoms with Gasteiger partial charge in [0.15, 0.2) is 8.38 Å². The molecule has 0 bridgehead atoms. The SMILES string of the molecule is CCOCC(Br)COP(CC(Br)COCC)OCCBr. The molecule has 122 valence electrons. The van der Waals surface area contributed by atoms with E-state index in [0.717, 1.165) is 24.7 Å². The van der Waals surface area contributed by atoms with Gasteiger partial charge in [0.1, 0.15) is 0 Å². The molecule has 0 aliphatic rings. The highest BCUT2D eigenvalue weighted by atomic mass is 79.9. The summed E-state index contributed by atoms with van der Waals surface area (Å²) in [5.41, 5.74) is 0. The maximum Gasteiger partial charge on any atom is 0.171 e. The molecule has 0 fully saturated rings. The predicted molar refractivity (Wildman–Crippen MR) is 95.9 cm³/mol. The third kappa shape index (κ3) is 13.4. The van der Waals surface area contributed by atoms with Gasteiger partial charge in [-0.3, -0.25) is 0 Å². The van der Waals surface area contributed by atoms with Crippen LogP contribution < -0.4 is 0 Å². The zero-order chi connectivity index (χ0) is 15.2. The number of halogens is 3. The Morgan fingerprint density at radius 3 is 2.05 bits per heavy atom. The maximum atomic E-state index is 5.86. The molecule has 8 heteroatoms. The van der Waals surface area contributed by atoms with Crippen molar-refractivity contribution in [2.24, 2.45) is 0 Å². The van der Waals surface area contributed by atoms with Gasteiger partial charge in [0.2, 0.25) is 0 Å². The van der Waals surface area contributed by atoms with Gasteiger partial charge in [0.25, 0.3) is 0 Å². The summed E-state index contributed by atoms with van der Waals surface area (Å²) in [7, 11) is -0.912. The first kappa shape index (κ1) is 21.7. The zero-order valence-corrected chi connectivity index (χ0v) is 17.7. The highest BCUT2D eigenvalue weighted by molar-refractivity contribution is 9.10. The van der Waals surface area contributed by atoms with Crippen LogP contribution >= 0.6 is 56.2 Å². The molecular formula is C12H24Br3O4P. The van der Waals surface area contributed by atoms with Crippen LogP contribution in [-0.2, 0) is 18.5 Å². The van der Waals surface area contributed by atoms with Gasteiger partial charge < -0.3 is 18.5 Å². The van der Waals surface area contributed by atoms with Crippen molar-refractivity contribution in [1.82, 2.24) is 0 Å². The summed E-state index contributed by atoms with van der Waals surface area (Å²) >= 11 is 10.5. The van der Waals surface area contributed by atoms with Gasteiger partial charge in [0, 0.05) is 29.5 Å². The average molecular weight is 503 g/mol. The van der Waals surface area contributed by atoms with E-state index in [2.05, 4.69) is 47.8 Å². The first-order chi connectivity index (χ1) is 9.63. The van der Waals surface area contributed by atoms with Crippen molar-refractivity contribution in [2.45, 2.75) is 23.5 Å². The van der Waals surface area contributed by atoms with Crippen molar-refractivity contribution in [2.75, 3.05) is 51.1 Å². The summed E-state index contributed by atoms with van der Waals surface area (Å²) in [6.07, 6.45) is 0.816. The summed E-state index contributed by atoms with van der Waals surface area (Å²) in [4.78, 5) is 0.449. The number of hydrogen-bond donors (Lipinski definition) is 0. The van der Waals surface area contributed by atoms with Crippen molar-refractivity contribution < 1.29 is 18.5 Å². The number of alkyl halides is 3. The van der Waals surface area contributed by atoms with Crippen molar-refractivity contribution in [3.63, 3.8) is 0 Å². The molecule has 0 aliphatic carbocycles. The molecule has 0 rings (SSSR count). The van der Waals surface area contributed by atoms with Crippen LogP contribution in [0.3, 0.4) is 0 Å². The minimum atomic E-state index is -0.912. The van der Waals surface area contributed by atoms with Crippen LogP contribution in [0.4, 0.5) is 0 Å². The Balaban J connectivity index is 3.99. The Morgan fingerprint density at radius 1 is 0.900 bits per heavy atom. The van der Waals surface area contributed by atoms with Crippen molar-refractivity contribution in [3.05, 3.63) is 0 Å². The fraction of sp³-hybridized carbons (Fsp3) is 1.00. The van der Waals surface area contributed by atoms with E-state index in [0.29, 0.717) is 26.4 Å². The lowest BCUT2D eigenvalue weighted by Crippen LogP contribution is -2.18. The predicted octanol–water partition coefficient (Wildman–Crippen LogP) is 4.33. The van der Waals surface area contributed by atoms with E-state index in [1.165, 1.54) is 0 Å². The summed E-state index contributed by atoms with van der Waals surface area (Å²) < 4.78 is 22.3. The van der Waals surface area contributed by atoms with E-state index in [-0.39, 0.29) is 9.65 Å². The lowest BCUT2D eigenvalue weighted by atomic mass is 10.5. The second-order valence-electron chi connectivity index (χ2n) is 3.85. The van der Waals surface area contributed by atoms with Gasteiger partial charge in [0.05, 0.1) is 31.3 Å². The maximum absolute atomic E-state index is 5.86. The first-order valence-corrected chi connectivity index (χ1v) is 11.0. The summed E-state index contributed by atoms with van der Waals surface area (Å²) in [6, 6.07) is 0. The van der Waals surface area contributed by atoms with Gasteiger partial charge in [-0.15, -0.1) is 0 Å². The van der Waals surface area contributed by atoms with Gasteiger partial charge >= 0.3 is 0 Å². The molecule has 0 radical (unpaired) electrons. The summed E-state index contributed by atoms with van der Waals surface area (Å²) in [6.45, 7) is 7.97. The summed E-state index contributed by atoms with van der Waals surface area (Å²) in [5, 5.41) is 0.810. The third-order valence-electron chi connectivity index (χ3n) is 2.06. The fourth-order valence-electron chi connectivity index (χ4n) is 1.20. The highest BCUT2D eigenvalue weighted by Gasteiger charge is 2.18. The molecule has 0 heterocycles. The van der Waals surface area contributed by atoms with Crippen LogP contribution in [0.2, 0.25) is 0 Å². The second-order valence-corrected chi connectivity index (χ2v) is 8.78. The van der Waals surface area contributed by atoms with Crippen LogP contribution in [0.1, 0.15) is 13.8 Å². The lowest BCUT2D eigenvalue weighted by Gasteiger charge is -2.21. The van der Waals surface area contributed by atoms with E-state index >= 15 is 0 Å². The minimum Gasteiger partial charge on any atom is -0.381 e. The van der Waals surface area contributed by atoms with E-state index in [9.17, 15) is 0 Å². The molecule has 20 heavy (non-hydrogen) atoms. The van der Waals surface area contributed by atoms with Gasteiger partial charge in [-0.05, 0) is 13.8 Å². The fourth-order valence-corrected chi connectivity index (χ4v) is 4.38. The topological polar surface area (TPSA) is 36.9 Å². The van der Waals surface area contributed by atoms with Crippen LogP contribution in [0.25, 0.3) is 0 Å². The standard InChI is InChI=1S/C12H24Br3O4P/c1-3-16-7-11(14)9-19-20(18-6-5-13)10-12(15)8-17-4-2/h11-12H,3-10H2,1-2H3. The Hall–Kier alpha value is 1.71. The minimum absolute atomic E-state index is 0.195. The highest BCUT2D eigenvalue weighted by Crippen LogP contribution is 2.40. The Kier molecular flexibility index (Phi) is 16.9. The molecule has 0 aliphatic heterocycles. The van der Waals surface area contributed by atoms with Gasteiger partial charge in [-0.2, -0.15) is 0 Å². The molecule has 0 saturated carbocycles. The molecule has 0 amide bonds. The molecule has 0 aromatic heterocycles. The molecule has 3 unspecified atom stereocenters. The first-order valence-electron chi connectivity index (χ1n) is 6.66. The van der Waals surface area contributed by atoms with Crippen LogP contribution in [0, 0.1) is 0 Å². The van der Waals surface area contributed by atoms with E-state index in [1.54, 1.807) is 0 Å². The van der Waals surface area contributed by atoms with Crippen molar-refractivity contribution in [1.29, 1.82) is 0 Å². The molecule has 3 atom stereocenters. The quantitative estimate of drug-likeness (QED) is 0.262. The molecule has 0 aromatic rings. The van der Waals surface area contributed by atoms with E-state index in [4.69, 9.17) is 18.5 Å². The zero-order valence-electron chi connectivity index (χ0n) is 12.0. The number of ether oxygens (including phenoxy) is 2. The summed E-state index contributed by atoms with van der Waals surface area (Å²) in [5.74, 6) is 0. The Labute approximate surface area is 148 Å². The Bertz CT molecular complexity index is 215. The Morgan fingerprint density at radius 2 is 1.50 bits per heavy atom. The number of rotatable bonds is 14. The molecular weight excluding hydrogens is 479 g/mol. The van der Waals surface area contributed by atoms with Crippen molar-refractivity contribution in [3.8, 4) is 0 Å². The monoisotopic (exact) mass is 500 g/mol. The molecule has 0 saturated heterocycles. The van der Waals surface area contributed by atoms with E-state index in [1.807, 2.05) is 13.8 Å².